The molecule has 0 bridgehead atoms. The van der Waals surface area contributed by atoms with E-state index in [0.29, 0.717) is 32.5 Å². The molecule has 2 heterocycles. The average Bonchev–Trinajstić information content (AvgIpc) is 3.07. The van der Waals surface area contributed by atoms with E-state index in [1.54, 1.807) is 10.9 Å². The summed E-state index contributed by atoms with van der Waals surface area (Å²) in [5.41, 5.74) is 2.26. The first kappa shape index (κ1) is 18.2. The minimum atomic E-state index is -0.124. The second-order valence-electron chi connectivity index (χ2n) is 6.90. The Balaban J connectivity index is 1.45. The Morgan fingerprint density at radius 2 is 2.08 bits per heavy atom. The topological polar surface area (TPSA) is 67.2 Å². The van der Waals surface area contributed by atoms with Gasteiger partial charge in [0.05, 0.1) is 12.1 Å². The third kappa shape index (κ3) is 4.94. The SMILES string of the molecule is Cn1cc(CNC(=O)C2CCC(=O)N(CCCc3ccccc3)C2)cn1. The molecule has 1 atom stereocenters. The Kier molecular flexibility index (Phi) is 6.04. The molecular weight excluding hydrogens is 328 g/mol. The zero-order valence-corrected chi connectivity index (χ0v) is 15.2. The molecule has 1 unspecified atom stereocenters. The second-order valence-corrected chi connectivity index (χ2v) is 6.90. The van der Waals surface area contributed by atoms with Gasteiger partial charge in [0.2, 0.25) is 11.8 Å². The van der Waals surface area contributed by atoms with Crippen LogP contribution in [0.25, 0.3) is 0 Å². The first-order valence-electron chi connectivity index (χ1n) is 9.19. The molecule has 1 aliphatic heterocycles. The van der Waals surface area contributed by atoms with Gasteiger partial charge in [-0.1, -0.05) is 30.3 Å². The number of nitrogens with zero attached hydrogens (tertiary/aromatic N) is 3. The third-order valence-corrected chi connectivity index (χ3v) is 4.83. The number of likely N-dealkylation sites (tertiary alicyclic amines) is 1. The van der Waals surface area contributed by atoms with E-state index < -0.39 is 0 Å². The van der Waals surface area contributed by atoms with Gasteiger partial charge in [0, 0.05) is 44.9 Å². The number of nitrogens with one attached hydrogen (secondary N) is 1. The highest BCUT2D eigenvalue weighted by Crippen LogP contribution is 2.19. The molecule has 1 aromatic heterocycles. The lowest BCUT2D eigenvalue weighted by molar-refractivity contribution is -0.138. The molecule has 26 heavy (non-hydrogen) atoms. The van der Waals surface area contributed by atoms with Crippen molar-refractivity contribution in [3.63, 3.8) is 0 Å². The molecule has 0 saturated carbocycles. The molecule has 1 aromatic carbocycles. The molecule has 1 aliphatic rings. The number of aryl methyl sites for hydroxylation is 2. The summed E-state index contributed by atoms with van der Waals surface area (Å²) in [6, 6.07) is 10.3. The number of carbonyl (C=O) groups is 2. The van der Waals surface area contributed by atoms with Crippen LogP contribution in [0.3, 0.4) is 0 Å². The van der Waals surface area contributed by atoms with E-state index in [4.69, 9.17) is 0 Å². The highest BCUT2D eigenvalue weighted by atomic mass is 16.2. The van der Waals surface area contributed by atoms with E-state index in [1.165, 1.54) is 5.56 Å². The molecule has 1 N–H and O–H groups in total. The van der Waals surface area contributed by atoms with Crippen LogP contribution in [0.2, 0.25) is 0 Å². The van der Waals surface area contributed by atoms with Crippen LogP contribution < -0.4 is 5.32 Å². The molecule has 0 spiro atoms. The summed E-state index contributed by atoms with van der Waals surface area (Å²) in [4.78, 5) is 26.5. The van der Waals surface area contributed by atoms with Crippen LogP contribution in [0.5, 0.6) is 0 Å². The van der Waals surface area contributed by atoms with Gasteiger partial charge in [0.1, 0.15) is 0 Å². The molecule has 6 nitrogen and oxygen atoms in total. The van der Waals surface area contributed by atoms with E-state index >= 15 is 0 Å². The Hall–Kier alpha value is -2.63. The Bertz CT molecular complexity index is 741. The van der Waals surface area contributed by atoms with Crippen molar-refractivity contribution < 1.29 is 9.59 Å². The zero-order valence-electron chi connectivity index (χ0n) is 15.2. The van der Waals surface area contributed by atoms with Gasteiger partial charge in [-0.2, -0.15) is 5.10 Å². The summed E-state index contributed by atoms with van der Waals surface area (Å²) in [6.07, 6.45) is 6.59. The standard InChI is InChI=1S/C20H26N4O2/c1-23-14-17(13-22-23)12-21-20(26)18-9-10-19(25)24(15-18)11-5-8-16-6-3-2-4-7-16/h2-4,6-7,13-14,18H,5,8-12,15H2,1H3,(H,21,26). The average molecular weight is 354 g/mol. The fourth-order valence-electron chi connectivity index (χ4n) is 3.36. The van der Waals surface area contributed by atoms with Crippen LogP contribution in [0, 0.1) is 5.92 Å². The number of aromatic nitrogens is 2. The molecule has 138 valence electrons. The summed E-state index contributed by atoms with van der Waals surface area (Å²) in [6.45, 7) is 1.71. The van der Waals surface area contributed by atoms with Gasteiger partial charge >= 0.3 is 0 Å². The monoisotopic (exact) mass is 354 g/mol. The first-order chi connectivity index (χ1) is 12.6. The normalized spacial score (nSPS) is 17.3. The van der Waals surface area contributed by atoms with E-state index in [0.717, 1.165) is 18.4 Å². The lowest BCUT2D eigenvalue weighted by Gasteiger charge is -2.32. The molecule has 2 aromatic rings. The van der Waals surface area contributed by atoms with E-state index in [-0.39, 0.29) is 17.7 Å². The fourth-order valence-corrected chi connectivity index (χ4v) is 3.36. The second kappa shape index (κ2) is 8.65. The molecular formula is C20H26N4O2. The number of hydrogen-bond acceptors (Lipinski definition) is 3. The third-order valence-electron chi connectivity index (χ3n) is 4.83. The zero-order chi connectivity index (χ0) is 18.4. The first-order valence-corrected chi connectivity index (χ1v) is 9.19. The molecule has 2 amide bonds. The van der Waals surface area contributed by atoms with Crippen molar-refractivity contribution in [1.82, 2.24) is 20.0 Å². The largest absolute Gasteiger partial charge is 0.352 e. The van der Waals surface area contributed by atoms with Gasteiger partial charge in [-0.3, -0.25) is 14.3 Å². The molecule has 3 rings (SSSR count). The minimum absolute atomic E-state index is 0.0226. The highest BCUT2D eigenvalue weighted by molar-refractivity contribution is 5.83. The maximum absolute atomic E-state index is 12.4. The maximum Gasteiger partial charge on any atom is 0.225 e. The van der Waals surface area contributed by atoms with Crippen LogP contribution in [-0.2, 0) is 29.6 Å². The van der Waals surface area contributed by atoms with Gasteiger partial charge < -0.3 is 10.2 Å². The number of amides is 2. The van der Waals surface area contributed by atoms with Gasteiger partial charge in [0.25, 0.3) is 0 Å². The van der Waals surface area contributed by atoms with Crippen molar-refractivity contribution in [2.75, 3.05) is 13.1 Å². The quantitative estimate of drug-likeness (QED) is 0.826. The van der Waals surface area contributed by atoms with E-state index in [1.807, 2.05) is 36.3 Å². The van der Waals surface area contributed by atoms with Crippen molar-refractivity contribution in [3.05, 3.63) is 53.9 Å². The van der Waals surface area contributed by atoms with E-state index in [9.17, 15) is 9.59 Å². The Morgan fingerprint density at radius 1 is 1.27 bits per heavy atom. The molecule has 1 saturated heterocycles. The lowest BCUT2D eigenvalue weighted by atomic mass is 9.96. The van der Waals surface area contributed by atoms with E-state index in [2.05, 4.69) is 22.5 Å². The van der Waals surface area contributed by atoms with Crippen molar-refractivity contribution in [2.24, 2.45) is 13.0 Å². The molecule has 0 aliphatic carbocycles. The van der Waals surface area contributed by atoms with Crippen LogP contribution in [0.1, 0.15) is 30.4 Å². The summed E-state index contributed by atoms with van der Waals surface area (Å²) in [5, 5.41) is 7.07. The van der Waals surface area contributed by atoms with Crippen LogP contribution in [-0.4, -0.2) is 39.6 Å². The number of benzene rings is 1. The number of piperidine rings is 1. The maximum atomic E-state index is 12.4. The fraction of sp³-hybridized carbons (Fsp3) is 0.450. The van der Waals surface area contributed by atoms with Crippen LogP contribution >= 0.6 is 0 Å². The predicted octanol–water partition coefficient (Wildman–Crippen LogP) is 1.91. The minimum Gasteiger partial charge on any atom is -0.352 e. The molecule has 6 heteroatoms. The molecule has 1 fully saturated rings. The van der Waals surface area contributed by atoms with Crippen molar-refractivity contribution in [1.29, 1.82) is 0 Å². The predicted molar refractivity (Wildman–Crippen MR) is 99.1 cm³/mol. The van der Waals surface area contributed by atoms with Gasteiger partial charge in [-0.15, -0.1) is 0 Å². The number of rotatable bonds is 7. The van der Waals surface area contributed by atoms with Gasteiger partial charge in [0.15, 0.2) is 0 Å². The Morgan fingerprint density at radius 3 is 2.81 bits per heavy atom. The van der Waals surface area contributed by atoms with Crippen LogP contribution in [0.4, 0.5) is 0 Å². The summed E-state index contributed by atoms with van der Waals surface area (Å²) >= 11 is 0. The van der Waals surface area contributed by atoms with Crippen molar-refractivity contribution in [3.8, 4) is 0 Å². The van der Waals surface area contributed by atoms with Gasteiger partial charge in [-0.05, 0) is 24.8 Å². The number of hydrogen-bond donors (Lipinski definition) is 1. The molecule has 0 radical (unpaired) electrons. The lowest BCUT2D eigenvalue weighted by Crippen LogP contribution is -2.46. The summed E-state index contributed by atoms with van der Waals surface area (Å²) in [5.74, 6) is 0.0601. The Labute approximate surface area is 154 Å². The highest BCUT2D eigenvalue weighted by Gasteiger charge is 2.29. The smallest absolute Gasteiger partial charge is 0.225 e. The summed E-state index contributed by atoms with van der Waals surface area (Å²) in [7, 11) is 1.85. The van der Waals surface area contributed by atoms with Crippen molar-refractivity contribution in [2.45, 2.75) is 32.2 Å². The summed E-state index contributed by atoms with van der Waals surface area (Å²) < 4.78 is 1.72. The van der Waals surface area contributed by atoms with Crippen LogP contribution in [0.15, 0.2) is 42.7 Å². The number of carbonyl (C=O) groups excluding carboxylic acids is 2. The van der Waals surface area contributed by atoms with Gasteiger partial charge in [-0.25, -0.2) is 0 Å². The van der Waals surface area contributed by atoms with Crippen molar-refractivity contribution >= 4 is 11.8 Å².